The molecule has 2 aromatic carbocycles. The number of nitrogens with two attached hydrogens (primary N) is 2. The summed E-state index contributed by atoms with van der Waals surface area (Å²) in [6.07, 6.45) is 0. The third-order valence-corrected chi connectivity index (χ3v) is 5.87. The van der Waals surface area contributed by atoms with E-state index in [2.05, 4.69) is 60.3 Å². The van der Waals surface area contributed by atoms with Crippen molar-refractivity contribution >= 4 is 57.5 Å². The van der Waals surface area contributed by atoms with E-state index in [9.17, 15) is 10.2 Å². The normalized spacial score (nSPS) is 11.8. The van der Waals surface area contributed by atoms with E-state index in [-0.39, 0.29) is 57.9 Å². The average molecular weight is 569 g/mol. The predicted octanol–water partition coefficient (Wildman–Crippen LogP) is 4.11. The van der Waals surface area contributed by atoms with E-state index >= 15 is 0 Å². The van der Waals surface area contributed by atoms with Gasteiger partial charge in [0.1, 0.15) is 33.9 Å². The lowest BCUT2D eigenvalue weighted by Crippen LogP contribution is -1.94. The molecule has 6 aromatic rings. The van der Waals surface area contributed by atoms with Gasteiger partial charge in [0.05, 0.1) is 14.2 Å². The molecule has 0 amide bonds. The van der Waals surface area contributed by atoms with Gasteiger partial charge in [0, 0.05) is 0 Å². The quantitative estimate of drug-likeness (QED) is 0.148. The molecule has 0 aliphatic heterocycles. The van der Waals surface area contributed by atoms with Crippen LogP contribution in [0, 0.1) is 0 Å². The van der Waals surface area contributed by atoms with Gasteiger partial charge in [-0.25, -0.2) is 0 Å². The number of nitrogen functional groups attached to an aromatic ring is 2. The van der Waals surface area contributed by atoms with E-state index in [0.717, 1.165) is 11.1 Å². The second kappa shape index (κ2) is 10.3. The van der Waals surface area contributed by atoms with E-state index in [1.165, 1.54) is 14.2 Å². The molecule has 0 aliphatic carbocycles. The van der Waals surface area contributed by atoms with Crippen molar-refractivity contribution in [2.75, 3.05) is 25.7 Å². The summed E-state index contributed by atoms with van der Waals surface area (Å²) in [7, 11) is 3.02. The molecule has 4 heterocycles. The summed E-state index contributed by atoms with van der Waals surface area (Å²) < 4.78 is 11.0. The number of azo groups is 2. The van der Waals surface area contributed by atoms with Gasteiger partial charge in [-0.1, -0.05) is 12.1 Å². The Kier molecular flexibility index (Phi) is 6.30. The van der Waals surface area contributed by atoms with Crippen molar-refractivity contribution < 1.29 is 19.7 Å². The Labute approximate surface area is 234 Å². The van der Waals surface area contributed by atoms with Gasteiger partial charge in [0.2, 0.25) is 35.6 Å². The maximum atomic E-state index is 9.92. The van der Waals surface area contributed by atoms with Crippen LogP contribution in [0.2, 0.25) is 0 Å². The first kappa shape index (κ1) is 25.8. The first-order valence-electron chi connectivity index (χ1n) is 12.0. The highest BCUT2D eigenvalue weighted by Gasteiger charge is 2.14. The Balaban J connectivity index is 1.25. The standard InChI is InChI=1S/C24H20N14O4/c1-41-13-7-9(3-5-11(13)35-37-23-27-15-17(31-23)29-21(25)33-19(15)39)10-4-6-12(14(8-10)42-2)36-38-24-28-16-18(32-24)30-22(26)34-20(16)40/h3-8H,1-2H3,(H4,25,27,29,31,33,39)(H4,26,28,30,32,34,40). The first-order chi connectivity index (χ1) is 20.3. The van der Waals surface area contributed by atoms with Gasteiger partial charge in [-0.15, -0.1) is 20.5 Å². The van der Waals surface area contributed by atoms with E-state index < -0.39 is 0 Å². The van der Waals surface area contributed by atoms with Crippen LogP contribution in [0.5, 0.6) is 23.3 Å². The topological polar surface area (TPSA) is 269 Å². The highest BCUT2D eigenvalue weighted by Crippen LogP contribution is 2.38. The number of nitrogens with one attached hydrogen (secondary N) is 2. The summed E-state index contributed by atoms with van der Waals surface area (Å²) in [4.78, 5) is 29.1. The number of rotatable bonds is 7. The Bertz CT molecular complexity index is 1890. The Hall–Kier alpha value is -6.46. The lowest BCUT2D eigenvalue weighted by molar-refractivity contribution is 0.415. The summed E-state index contributed by atoms with van der Waals surface area (Å²) in [5, 5.41) is 36.4. The van der Waals surface area contributed by atoms with Crippen molar-refractivity contribution in [3.05, 3.63) is 36.4 Å². The van der Waals surface area contributed by atoms with Crippen LogP contribution >= 0.6 is 0 Å². The molecule has 0 radical (unpaired) electrons. The van der Waals surface area contributed by atoms with Crippen molar-refractivity contribution in [2.24, 2.45) is 20.5 Å². The van der Waals surface area contributed by atoms with Crippen LogP contribution in [0.15, 0.2) is 56.9 Å². The minimum absolute atomic E-state index is 0.0947. The molecule has 0 spiro atoms. The van der Waals surface area contributed by atoms with Gasteiger partial charge in [-0.3, -0.25) is 0 Å². The lowest BCUT2D eigenvalue weighted by Gasteiger charge is -2.10. The maximum absolute atomic E-state index is 9.92. The fourth-order valence-electron chi connectivity index (χ4n) is 3.95. The number of hydrogen-bond acceptors (Lipinski definition) is 16. The third kappa shape index (κ3) is 4.85. The molecule has 0 saturated heterocycles. The maximum Gasteiger partial charge on any atom is 0.249 e. The first-order valence-corrected chi connectivity index (χ1v) is 12.0. The van der Waals surface area contributed by atoms with E-state index in [4.69, 9.17) is 20.9 Å². The van der Waals surface area contributed by atoms with Gasteiger partial charge in [0.15, 0.2) is 11.3 Å². The number of nitrogens with zero attached hydrogens (tertiary/aromatic N) is 10. The van der Waals surface area contributed by atoms with Crippen LogP contribution in [0.25, 0.3) is 33.5 Å². The molecule has 210 valence electrons. The fraction of sp³-hybridized carbons (Fsp3) is 0.0833. The average Bonchev–Trinajstić information content (AvgIpc) is 3.59. The lowest BCUT2D eigenvalue weighted by atomic mass is 10.0. The molecule has 0 bridgehead atoms. The Morgan fingerprint density at radius 3 is 1.45 bits per heavy atom. The number of aromatic amines is 2. The molecule has 18 nitrogen and oxygen atoms in total. The zero-order valence-corrected chi connectivity index (χ0v) is 21.8. The number of H-pyrrole nitrogens is 2. The number of imidazole rings is 2. The predicted molar refractivity (Wildman–Crippen MR) is 149 cm³/mol. The molecule has 0 aliphatic rings. The van der Waals surface area contributed by atoms with Crippen LogP contribution in [-0.2, 0) is 0 Å². The molecule has 18 heteroatoms. The highest BCUT2D eigenvalue weighted by molar-refractivity contribution is 5.79. The highest BCUT2D eigenvalue weighted by atomic mass is 16.5. The summed E-state index contributed by atoms with van der Waals surface area (Å²) >= 11 is 0. The zero-order chi connectivity index (χ0) is 29.4. The number of benzene rings is 2. The minimum atomic E-state index is -0.341. The fourth-order valence-corrected chi connectivity index (χ4v) is 3.95. The molecule has 4 aromatic heterocycles. The van der Waals surface area contributed by atoms with Gasteiger partial charge < -0.3 is 41.1 Å². The minimum Gasteiger partial charge on any atom is -0.494 e. The number of ether oxygens (including phenoxy) is 2. The van der Waals surface area contributed by atoms with Crippen LogP contribution in [0.4, 0.5) is 35.2 Å². The second-order valence-electron chi connectivity index (χ2n) is 8.50. The van der Waals surface area contributed by atoms with Crippen LogP contribution in [0.1, 0.15) is 0 Å². The molecule has 6 rings (SSSR count). The van der Waals surface area contributed by atoms with E-state index in [0.29, 0.717) is 22.9 Å². The van der Waals surface area contributed by atoms with Crippen molar-refractivity contribution in [3.63, 3.8) is 0 Å². The molecule has 0 atom stereocenters. The van der Waals surface area contributed by atoms with Crippen LogP contribution in [0.3, 0.4) is 0 Å². The largest absolute Gasteiger partial charge is 0.494 e. The molecule has 42 heavy (non-hydrogen) atoms. The molecule has 0 fully saturated rings. The number of hydrogen-bond donors (Lipinski definition) is 6. The molecular weight excluding hydrogens is 548 g/mol. The third-order valence-electron chi connectivity index (χ3n) is 5.87. The zero-order valence-electron chi connectivity index (χ0n) is 21.8. The Morgan fingerprint density at radius 1 is 0.619 bits per heavy atom. The molecule has 0 unspecified atom stereocenters. The summed E-state index contributed by atoms with van der Waals surface area (Å²) in [5.74, 6) is 0.160. The number of fused-ring (bicyclic) bond motifs is 2. The number of methoxy groups -OCH3 is 2. The van der Waals surface area contributed by atoms with Crippen LogP contribution < -0.4 is 20.9 Å². The van der Waals surface area contributed by atoms with Crippen molar-refractivity contribution in [1.82, 2.24) is 39.9 Å². The van der Waals surface area contributed by atoms with Crippen molar-refractivity contribution in [1.29, 1.82) is 0 Å². The molecular formula is C24H20N14O4. The summed E-state index contributed by atoms with van der Waals surface area (Å²) in [5.41, 5.74) is 14.2. The van der Waals surface area contributed by atoms with Gasteiger partial charge >= 0.3 is 0 Å². The van der Waals surface area contributed by atoms with Crippen molar-refractivity contribution in [2.45, 2.75) is 0 Å². The van der Waals surface area contributed by atoms with Gasteiger partial charge in [0.25, 0.3) is 0 Å². The van der Waals surface area contributed by atoms with E-state index in [1.54, 1.807) is 24.3 Å². The summed E-state index contributed by atoms with van der Waals surface area (Å²) in [6.45, 7) is 0. The second-order valence-corrected chi connectivity index (χ2v) is 8.50. The monoisotopic (exact) mass is 568 g/mol. The van der Waals surface area contributed by atoms with Crippen LogP contribution in [-0.4, -0.2) is 64.3 Å². The smallest absolute Gasteiger partial charge is 0.249 e. The van der Waals surface area contributed by atoms with Gasteiger partial charge in [-0.05, 0) is 35.4 Å². The van der Waals surface area contributed by atoms with E-state index in [1.807, 2.05) is 12.1 Å². The Morgan fingerprint density at radius 2 is 1.05 bits per heavy atom. The molecule has 8 N–H and O–H groups in total. The number of aromatic nitrogens is 8. The summed E-state index contributed by atoms with van der Waals surface area (Å²) in [6, 6.07) is 10.7. The van der Waals surface area contributed by atoms with Crippen molar-refractivity contribution in [3.8, 4) is 34.4 Å². The van der Waals surface area contributed by atoms with Gasteiger partial charge in [-0.2, -0.15) is 29.9 Å². The number of anilines is 2. The SMILES string of the molecule is COc1cc(-c2ccc(N=Nc3nc4nc(N)nc(O)c4[nH]3)c(OC)c2)ccc1N=Nc1nc2nc(N)nc(O)c2[nH]1. The number of aromatic hydroxyl groups is 2. The molecule has 0 saturated carbocycles.